The van der Waals surface area contributed by atoms with Gasteiger partial charge in [-0.2, -0.15) is 0 Å². The van der Waals surface area contributed by atoms with E-state index in [0.29, 0.717) is 5.92 Å². The lowest BCUT2D eigenvalue weighted by atomic mass is 9.82. The number of nitrogens with two attached hydrogens (primary N) is 1. The average molecular weight is 207 g/mol. The summed E-state index contributed by atoms with van der Waals surface area (Å²) in [5.41, 5.74) is 5.78. The molecule has 0 spiro atoms. The molecule has 2 rings (SSSR count). The Kier molecular flexibility index (Phi) is 3.15. The zero-order chi connectivity index (χ0) is 10.8. The molecule has 1 aromatic heterocycles. The van der Waals surface area contributed by atoms with Crippen molar-refractivity contribution in [3.05, 3.63) is 23.7 Å². The topological polar surface area (TPSA) is 39.2 Å². The Hall–Kier alpha value is -0.760. The molecule has 1 fully saturated rings. The average Bonchev–Trinajstić information content (AvgIpc) is 2.68. The van der Waals surface area contributed by atoms with Crippen LogP contribution in [0.3, 0.4) is 0 Å². The summed E-state index contributed by atoms with van der Waals surface area (Å²) in [4.78, 5) is 0. The second-order valence-corrected chi connectivity index (χ2v) is 4.99. The van der Waals surface area contributed by atoms with Crippen molar-refractivity contribution in [1.29, 1.82) is 0 Å². The predicted octanol–water partition coefficient (Wildman–Crippen LogP) is 3.59. The SMILES string of the molecule is CC1CCC(c2ccc(C(C)N)o2)CC1. The van der Waals surface area contributed by atoms with Gasteiger partial charge >= 0.3 is 0 Å². The molecule has 1 saturated carbocycles. The maximum atomic E-state index is 5.79. The van der Waals surface area contributed by atoms with Crippen molar-refractivity contribution in [2.75, 3.05) is 0 Å². The highest BCUT2D eigenvalue weighted by Gasteiger charge is 2.22. The molecule has 84 valence electrons. The molecule has 1 aromatic rings. The Morgan fingerprint density at radius 1 is 1.27 bits per heavy atom. The van der Waals surface area contributed by atoms with Gasteiger partial charge in [-0.3, -0.25) is 0 Å². The molecule has 1 heterocycles. The summed E-state index contributed by atoms with van der Waals surface area (Å²) in [5, 5.41) is 0. The van der Waals surface area contributed by atoms with E-state index in [1.54, 1.807) is 0 Å². The van der Waals surface area contributed by atoms with Crippen LogP contribution >= 0.6 is 0 Å². The summed E-state index contributed by atoms with van der Waals surface area (Å²) in [6.45, 7) is 4.30. The molecule has 2 heteroatoms. The number of hydrogen-bond acceptors (Lipinski definition) is 2. The molecule has 0 radical (unpaired) electrons. The van der Waals surface area contributed by atoms with E-state index in [9.17, 15) is 0 Å². The third-order valence-electron chi connectivity index (χ3n) is 3.51. The fourth-order valence-corrected chi connectivity index (χ4v) is 2.38. The summed E-state index contributed by atoms with van der Waals surface area (Å²) in [5.74, 6) is 3.59. The van der Waals surface area contributed by atoms with Crippen LogP contribution < -0.4 is 5.73 Å². The summed E-state index contributed by atoms with van der Waals surface area (Å²) in [7, 11) is 0. The minimum atomic E-state index is 0.0151. The number of furan rings is 1. The molecular formula is C13H21NO. The zero-order valence-electron chi connectivity index (χ0n) is 9.70. The Morgan fingerprint density at radius 3 is 2.47 bits per heavy atom. The lowest BCUT2D eigenvalue weighted by Gasteiger charge is -2.24. The van der Waals surface area contributed by atoms with Crippen LogP contribution in [0.4, 0.5) is 0 Å². The molecule has 1 unspecified atom stereocenters. The summed E-state index contributed by atoms with van der Waals surface area (Å²) in [6.07, 6.45) is 5.21. The molecule has 2 N–H and O–H groups in total. The molecular weight excluding hydrogens is 186 g/mol. The third kappa shape index (κ3) is 2.43. The molecule has 1 aliphatic carbocycles. The highest BCUT2D eigenvalue weighted by Crippen LogP contribution is 2.36. The first-order valence-corrected chi connectivity index (χ1v) is 6.02. The quantitative estimate of drug-likeness (QED) is 0.804. The van der Waals surface area contributed by atoms with E-state index in [1.807, 2.05) is 13.0 Å². The van der Waals surface area contributed by atoms with E-state index in [4.69, 9.17) is 10.2 Å². The highest BCUT2D eigenvalue weighted by atomic mass is 16.3. The minimum absolute atomic E-state index is 0.0151. The van der Waals surface area contributed by atoms with Crippen LogP contribution in [0.1, 0.15) is 63.0 Å². The molecule has 0 saturated heterocycles. The lowest BCUT2D eigenvalue weighted by Crippen LogP contribution is -2.10. The van der Waals surface area contributed by atoms with E-state index in [0.717, 1.165) is 17.4 Å². The fourth-order valence-electron chi connectivity index (χ4n) is 2.38. The van der Waals surface area contributed by atoms with Gasteiger partial charge in [-0.15, -0.1) is 0 Å². The van der Waals surface area contributed by atoms with Crippen LogP contribution in [-0.4, -0.2) is 0 Å². The number of hydrogen-bond donors (Lipinski definition) is 1. The molecule has 1 atom stereocenters. The van der Waals surface area contributed by atoms with Crippen LogP contribution in [-0.2, 0) is 0 Å². The second kappa shape index (κ2) is 4.40. The molecule has 0 amide bonds. The molecule has 0 aliphatic heterocycles. The first-order valence-electron chi connectivity index (χ1n) is 6.02. The van der Waals surface area contributed by atoms with Crippen LogP contribution in [0, 0.1) is 5.92 Å². The molecule has 15 heavy (non-hydrogen) atoms. The third-order valence-corrected chi connectivity index (χ3v) is 3.51. The van der Waals surface area contributed by atoms with Gasteiger partial charge in [0.15, 0.2) is 0 Å². The first kappa shape index (κ1) is 10.7. The van der Waals surface area contributed by atoms with E-state index < -0.39 is 0 Å². The van der Waals surface area contributed by atoms with Crippen LogP contribution in [0.15, 0.2) is 16.5 Å². The Labute approximate surface area is 91.8 Å². The van der Waals surface area contributed by atoms with Gasteiger partial charge in [-0.1, -0.05) is 19.8 Å². The second-order valence-electron chi connectivity index (χ2n) is 4.99. The van der Waals surface area contributed by atoms with Crippen LogP contribution in [0.2, 0.25) is 0 Å². The van der Waals surface area contributed by atoms with Crippen molar-refractivity contribution in [3.63, 3.8) is 0 Å². The normalized spacial score (nSPS) is 29.0. The van der Waals surface area contributed by atoms with Crippen molar-refractivity contribution in [2.24, 2.45) is 11.7 Å². The largest absolute Gasteiger partial charge is 0.464 e. The van der Waals surface area contributed by atoms with Crippen molar-refractivity contribution >= 4 is 0 Å². The highest BCUT2D eigenvalue weighted by molar-refractivity contribution is 5.13. The summed E-state index contributed by atoms with van der Waals surface area (Å²) in [6, 6.07) is 4.15. The van der Waals surface area contributed by atoms with E-state index in [2.05, 4.69) is 13.0 Å². The molecule has 2 nitrogen and oxygen atoms in total. The van der Waals surface area contributed by atoms with Crippen molar-refractivity contribution in [3.8, 4) is 0 Å². The maximum absolute atomic E-state index is 5.79. The minimum Gasteiger partial charge on any atom is -0.464 e. The predicted molar refractivity (Wildman–Crippen MR) is 61.7 cm³/mol. The van der Waals surface area contributed by atoms with Gasteiger partial charge in [0, 0.05) is 5.92 Å². The van der Waals surface area contributed by atoms with Gasteiger partial charge in [-0.05, 0) is 37.8 Å². The fraction of sp³-hybridized carbons (Fsp3) is 0.692. The summed E-state index contributed by atoms with van der Waals surface area (Å²) >= 11 is 0. The Bertz CT molecular complexity index is 308. The van der Waals surface area contributed by atoms with Gasteiger partial charge in [-0.25, -0.2) is 0 Å². The lowest BCUT2D eigenvalue weighted by molar-refractivity contribution is 0.306. The van der Waals surface area contributed by atoms with E-state index >= 15 is 0 Å². The van der Waals surface area contributed by atoms with Gasteiger partial charge in [0.25, 0.3) is 0 Å². The smallest absolute Gasteiger partial charge is 0.120 e. The van der Waals surface area contributed by atoms with E-state index in [1.165, 1.54) is 25.7 Å². The Morgan fingerprint density at radius 2 is 1.93 bits per heavy atom. The molecule has 0 bridgehead atoms. The van der Waals surface area contributed by atoms with Crippen LogP contribution in [0.25, 0.3) is 0 Å². The van der Waals surface area contributed by atoms with Crippen LogP contribution in [0.5, 0.6) is 0 Å². The van der Waals surface area contributed by atoms with Crippen molar-refractivity contribution in [1.82, 2.24) is 0 Å². The number of rotatable bonds is 2. The van der Waals surface area contributed by atoms with Gasteiger partial charge in [0.05, 0.1) is 6.04 Å². The van der Waals surface area contributed by atoms with E-state index in [-0.39, 0.29) is 6.04 Å². The monoisotopic (exact) mass is 207 g/mol. The Balaban J connectivity index is 2.03. The first-order chi connectivity index (χ1) is 7.16. The van der Waals surface area contributed by atoms with Crippen molar-refractivity contribution in [2.45, 2.75) is 51.5 Å². The van der Waals surface area contributed by atoms with Crippen molar-refractivity contribution < 1.29 is 4.42 Å². The van der Waals surface area contributed by atoms with Gasteiger partial charge in [0.1, 0.15) is 11.5 Å². The van der Waals surface area contributed by atoms with Gasteiger partial charge < -0.3 is 10.2 Å². The summed E-state index contributed by atoms with van der Waals surface area (Å²) < 4.78 is 5.79. The molecule has 1 aliphatic rings. The maximum Gasteiger partial charge on any atom is 0.120 e. The zero-order valence-corrected chi connectivity index (χ0v) is 9.70. The molecule has 0 aromatic carbocycles. The standard InChI is InChI=1S/C13H21NO/c1-9-3-5-11(6-4-9)13-8-7-12(15-13)10(2)14/h7-11H,3-6,14H2,1-2H3. The van der Waals surface area contributed by atoms with Gasteiger partial charge in [0.2, 0.25) is 0 Å².